The van der Waals surface area contributed by atoms with E-state index in [1.165, 1.54) is 0 Å². The highest BCUT2D eigenvalue weighted by molar-refractivity contribution is 5.73. The second-order valence-corrected chi connectivity index (χ2v) is 4.30. The Morgan fingerprint density at radius 3 is 2.50 bits per heavy atom. The van der Waals surface area contributed by atoms with Crippen LogP contribution in [0.25, 0.3) is 0 Å². The lowest BCUT2D eigenvalue weighted by molar-refractivity contribution is -0.139. The van der Waals surface area contributed by atoms with Gasteiger partial charge in [-0.15, -0.1) is 0 Å². The van der Waals surface area contributed by atoms with Crippen molar-refractivity contribution in [1.82, 2.24) is 5.32 Å². The summed E-state index contributed by atoms with van der Waals surface area (Å²) in [5.41, 5.74) is 1.59. The SMILES string of the molecule is CCCC(NC(C)c1ccc(C#N)cc1)C(=O)O. The largest absolute Gasteiger partial charge is 0.480 e. The average Bonchev–Trinajstić information content (AvgIpc) is 2.38. The van der Waals surface area contributed by atoms with Crippen molar-refractivity contribution in [1.29, 1.82) is 5.26 Å². The molecule has 0 spiro atoms. The van der Waals surface area contributed by atoms with Gasteiger partial charge < -0.3 is 5.11 Å². The van der Waals surface area contributed by atoms with Crippen molar-refractivity contribution in [2.75, 3.05) is 0 Å². The van der Waals surface area contributed by atoms with E-state index in [2.05, 4.69) is 11.4 Å². The van der Waals surface area contributed by atoms with Crippen LogP contribution in [0.1, 0.15) is 43.9 Å². The topological polar surface area (TPSA) is 73.1 Å². The lowest BCUT2D eigenvalue weighted by atomic mass is 10.0. The number of carboxylic acid groups (broad SMARTS) is 1. The van der Waals surface area contributed by atoms with Gasteiger partial charge >= 0.3 is 5.97 Å². The molecule has 0 aliphatic heterocycles. The first-order valence-corrected chi connectivity index (χ1v) is 6.07. The molecule has 2 atom stereocenters. The highest BCUT2D eigenvalue weighted by atomic mass is 16.4. The van der Waals surface area contributed by atoms with Crippen molar-refractivity contribution >= 4 is 5.97 Å². The van der Waals surface area contributed by atoms with Crippen LogP contribution in [0.3, 0.4) is 0 Å². The van der Waals surface area contributed by atoms with Gasteiger partial charge in [-0.05, 0) is 31.0 Å². The molecule has 0 amide bonds. The van der Waals surface area contributed by atoms with Crippen molar-refractivity contribution in [3.05, 3.63) is 35.4 Å². The molecule has 0 radical (unpaired) electrons. The van der Waals surface area contributed by atoms with Crippen molar-refractivity contribution in [3.63, 3.8) is 0 Å². The number of nitrogens with zero attached hydrogens (tertiary/aromatic N) is 1. The summed E-state index contributed by atoms with van der Waals surface area (Å²) in [5, 5.41) is 20.9. The molecule has 2 N–H and O–H groups in total. The Morgan fingerprint density at radius 2 is 2.06 bits per heavy atom. The number of aliphatic carboxylic acids is 1. The maximum absolute atomic E-state index is 11.1. The van der Waals surface area contributed by atoms with Crippen LogP contribution in [0.4, 0.5) is 0 Å². The summed E-state index contributed by atoms with van der Waals surface area (Å²) in [6.45, 7) is 3.89. The lowest BCUT2D eigenvalue weighted by Crippen LogP contribution is -2.38. The number of nitrogens with one attached hydrogen (secondary N) is 1. The van der Waals surface area contributed by atoms with E-state index in [9.17, 15) is 4.79 Å². The maximum atomic E-state index is 11.1. The van der Waals surface area contributed by atoms with Crippen molar-refractivity contribution < 1.29 is 9.90 Å². The van der Waals surface area contributed by atoms with Gasteiger partial charge in [0.2, 0.25) is 0 Å². The molecule has 4 heteroatoms. The van der Waals surface area contributed by atoms with E-state index in [1.807, 2.05) is 26.0 Å². The van der Waals surface area contributed by atoms with E-state index in [0.717, 1.165) is 12.0 Å². The molecule has 0 aromatic heterocycles. The van der Waals surface area contributed by atoms with Gasteiger partial charge in [0, 0.05) is 6.04 Å². The molecule has 1 aromatic carbocycles. The fourth-order valence-corrected chi connectivity index (χ4v) is 1.81. The van der Waals surface area contributed by atoms with Crippen molar-refractivity contribution in [2.24, 2.45) is 0 Å². The van der Waals surface area contributed by atoms with Gasteiger partial charge in [0.25, 0.3) is 0 Å². The van der Waals surface area contributed by atoms with Gasteiger partial charge in [0.15, 0.2) is 0 Å². The molecule has 0 fully saturated rings. The summed E-state index contributed by atoms with van der Waals surface area (Å²) in [5.74, 6) is -0.822. The maximum Gasteiger partial charge on any atom is 0.320 e. The summed E-state index contributed by atoms with van der Waals surface area (Å²) in [4.78, 5) is 11.1. The van der Waals surface area contributed by atoms with Gasteiger partial charge in [-0.25, -0.2) is 0 Å². The van der Waals surface area contributed by atoms with Crippen LogP contribution in [-0.2, 0) is 4.79 Å². The zero-order chi connectivity index (χ0) is 13.5. The van der Waals surface area contributed by atoms with Crippen molar-refractivity contribution in [2.45, 2.75) is 38.8 Å². The predicted octanol–water partition coefficient (Wildman–Crippen LogP) is 2.46. The van der Waals surface area contributed by atoms with Crippen LogP contribution in [0, 0.1) is 11.3 Å². The molecule has 1 aromatic rings. The highest BCUT2D eigenvalue weighted by Gasteiger charge is 2.18. The van der Waals surface area contributed by atoms with E-state index < -0.39 is 12.0 Å². The molecule has 0 saturated heterocycles. The molecule has 4 nitrogen and oxygen atoms in total. The normalized spacial score (nSPS) is 13.6. The predicted molar refractivity (Wildman–Crippen MR) is 69.0 cm³/mol. The van der Waals surface area contributed by atoms with E-state index in [0.29, 0.717) is 12.0 Å². The molecular formula is C14H18N2O2. The standard InChI is InChI=1S/C14H18N2O2/c1-3-4-13(14(17)18)16-10(2)12-7-5-11(9-15)6-8-12/h5-8,10,13,16H,3-4H2,1-2H3,(H,17,18). The van der Waals surface area contributed by atoms with Crippen LogP contribution in [0.5, 0.6) is 0 Å². The van der Waals surface area contributed by atoms with Crippen LogP contribution in [0.15, 0.2) is 24.3 Å². The molecule has 0 heterocycles. The van der Waals surface area contributed by atoms with E-state index in [4.69, 9.17) is 10.4 Å². The number of rotatable bonds is 6. The Kier molecular flexibility index (Phi) is 5.34. The third kappa shape index (κ3) is 3.86. The van der Waals surface area contributed by atoms with Crippen LogP contribution >= 0.6 is 0 Å². The third-order valence-corrected chi connectivity index (χ3v) is 2.87. The zero-order valence-electron chi connectivity index (χ0n) is 10.7. The number of carboxylic acids is 1. The molecule has 2 unspecified atom stereocenters. The Bertz CT molecular complexity index is 434. The lowest BCUT2D eigenvalue weighted by Gasteiger charge is -2.20. The Labute approximate surface area is 107 Å². The number of hydrogen-bond acceptors (Lipinski definition) is 3. The van der Waals surface area contributed by atoms with Crippen LogP contribution in [-0.4, -0.2) is 17.1 Å². The fourth-order valence-electron chi connectivity index (χ4n) is 1.81. The summed E-state index contributed by atoms with van der Waals surface area (Å²) < 4.78 is 0. The first-order valence-electron chi connectivity index (χ1n) is 6.07. The van der Waals surface area contributed by atoms with Crippen LogP contribution in [0.2, 0.25) is 0 Å². The molecular weight excluding hydrogens is 228 g/mol. The quantitative estimate of drug-likeness (QED) is 0.808. The average molecular weight is 246 g/mol. The second-order valence-electron chi connectivity index (χ2n) is 4.30. The Morgan fingerprint density at radius 1 is 1.44 bits per heavy atom. The number of hydrogen-bond donors (Lipinski definition) is 2. The minimum atomic E-state index is -0.822. The summed E-state index contributed by atoms with van der Waals surface area (Å²) >= 11 is 0. The molecule has 1 rings (SSSR count). The van der Waals surface area contributed by atoms with Gasteiger partial charge in [-0.2, -0.15) is 5.26 Å². The molecule has 0 saturated carbocycles. The van der Waals surface area contributed by atoms with E-state index in [-0.39, 0.29) is 6.04 Å². The van der Waals surface area contributed by atoms with Gasteiger partial charge in [-0.1, -0.05) is 25.5 Å². The molecule has 0 aliphatic carbocycles. The summed E-state index contributed by atoms with van der Waals surface area (Å²) in [7, 11) is 0. The minimum Gasteiger partial charge on any atom is -0.480 e. The molecule has 18 heavy (non-hydrogen) atoms. The van der Waals surface area contributed by atoms with Crippen molar-refractivity contribution in [3.8, 4) is 6.07 Å². The molecule has 96 valence electrons. The van der Waals surface area contributed by atoms with Gasteiger partial charge in [0.1, 0.15) is 6.04 Å². The summed E-state index contributed by atoms with van der Waals surface area (Å²) in [6, 6.07) is 8.66. The Hall–Kier alpha value is -1.86. The number of carbonyl (C=O) groups is 1. The minimum absolute atomic E-state index is 0.0506. The van der Waals surface area contributed by atoms with Gasteiger partial charge in [-0.3, -0.25) is 10.1 Å². The number of benzene rings is 1. The molecule has 0 bridgehead atoms. The zero-order valence-corrected chi connectivity index (χ0v) is 10.7. The number of nitriles is 1. The fraction of sp³-hybridized carbons (Fsp3) is 0.429. The highest BCUT2D eigenvalue weighted by Crippen LogP contribution is 2.15. The summed E-state index contributed by atoms with van der Waals surface area (Å²) in [6.07, 6.45) is 1.43. The van der Waals surface area contributed by atoms with E-state index >= 15 is 0 Å². The Balaban J connectivity index is 2.71. The monoisotopic (exact) mass is 246 g/mol. The third-order valence-electron chi connectivity index (χ3n) is 2.87. The first-order chi connectivity index (χ1) is 8.58. The van der Waals surface area contributed by atoms with Crippen LogP contribution < -0.4 is 5.32 Å². The molecule has 0 aliphatic rings. The first kappa shape index (κ1) is 14.2. The second kappa shape index (κ2) is 6.77. The smallest absolute Gasteiger partial charge is 0.320 e. The van der Waals surface area contributed by atoms with Gasteiger partial charge in [0.05, 0.1) is 11.6 Å². The van der Waals surface area contributed by atoms with E-state index in [1.54, 1.807) is 12.1 Å².